The van der Waals surface area contributed by atoms with Crippen molar-refractivity contribution >= 4 is 21.2 Å². The molecule has 0 aliphatic rings. The number of nitrogens with one attached hydrogen (secondary N) is 1. The average molecular weight is 414 g/mol. The number of hydrogen-bond donors (Lipinski definition) is 1. The predicted molar refractivity (Wildman–Crippen MR) is 95.3 cm³/mol. The van der Waals surface area contributed by atoms with Gasteiger partial charge in [-0.1, -0.05) is 0 Å². The molecule has 0 aliphatic carbocycles. The largest absolute Gasteiger partial charge is 0.494 e. The molecule has 0 spiro atoms. The third-order valence-corrected chi connectivity index (χ3v) is 5.31. The maximum atomic E-state index is 13.3. The summed E-state index contributed by atoms with van der Waals surface area (Å²) in [6.45, 7) is 1.70. The number of rotatable bonds is 7. The molecule has 3 rings (SSSR count). The summed E-state index contributed by atoms with van der Waals surface area (Å²) in [5.74, 6) is -0.603. The quantitative estimate of drug-likeness (QED) is 0.643. The predicted octanol–water partition coefficient (Wildman–Crippen LogP) is 2.83. The van der Waals surface area contributed by atoms with E-state index in [0.717, 1.165) is 4.57 Å². The second kappa shape index (κ2) is 7.76. The fourth-order valence-electron chi connectivity index (χ4n) is 2.64. The summed E-state index contributed by atoms with van der Waals surface area (Å²) in [7, 11) is -3.89. The molecule has 2 heterocycles. The smallest absolute Gasteiger partial charge is 0.449 e. The first kappa shape index (κ1) is 20.1. The normalized spacial score (nSPS) is 12.4. The first-order valence-corrected chi connectivity index (χ1v) is 9.81. The molecule has 0 aliphatic heterocycles. The van der Waals surface area contributed by atoms with Crippen LogP contribution in [-0.4, -0.2) is 36.1 Å². The topological polar surface area (TPSA) is 86.1 Å². The number of alkyl halides is 3. The average Bonchev–Trinajstić information content (AvgIpc) is 3.02. The highest BCUT2D eigenvalue weighted by molar-refractivity contribution is 7.89. The second-order valence-corrected chi connectivity index (χ2v) is 7.50. The molecule has 11 heteroatoms. The van der Waals surface area contributed by atoms with Crippen LogP contribution in [0.25, 0.3) is 11.2 Å². The number of pyridine rings is 1. The van der Waals surface area contributed by atoms with Crippen LogP contribution in [0.4, 0.5) is 13.2 Å². The van der Waals surface area contributed by atoms with Crippen LogP contribution in [0, 0.1) is 0 Å². The third-order valence-electron chi connectivity index (χ3n) is 3.83. The Kier molecular flexibility index (Phi) is 5.57. The van der Waals surface area contributed by atoms with E-state index in [1.807, 2.05) is 0 Å². The van der Waals surface area contributed by atoms with E-state index in [-0.39, 0.29) is 29.1 Å². The van der Waals surface area contributed by atoms with Crippen LogP contribution in [0.1, 0.15) is 12.7 Å². The molecular formula is C17H17F3N4O3S. The van der Waals surface area contributed by atoms with Gasteiger partial charge in [-0.3, -0.25) is 0 Å². The van der Waals surface area contributed by atoms with Crippen LogP contribution in [0.3, 0.4) is 0 Å². The summed E-state index contributed by atoms with van der Waals surface area (Å²) in [5, 5.41) is 0. The molecule has 1 aromatic carbocycles. The number of ether oxygens (including phenoxy) is 1. The van der Waals surface area contributed by atoms with Gasteiger partial charge in [-0.25, -0.2) is 23.1 Å². The second-order valence-electron chi connectivity index (χ2n) is 5.73. The fraction of sp³-hybridized carbons (Fsp3) is 0.294. The maximum Gasteiger partial charge on any atom is 0.449 e. The Balaban J connectivity index is 1.77. The van der Waals surface area contributed by atoms with Crippen LogP contribution in [0.15, 0.2) is 47.5 Å². The molecule has 7 nitrogen and oxygen atoms in total. The minimum atomic E-state index is -4.69. The van der Waals surface area contributed by atoms with E-state index >= 15 is 0 Å². The zero-order chi connectivity index (χ0) is 20.4. The standard InChI is InChI=1S/C17H17F3N4O3S/c1-2-27-12-5-7-13(8-6-12)28(25,26)22-10-11-24-15-14(4-3-9-21-15)23-16(24)17(18,19)20/h3-9,22H,2,10-11H2,1H3. The van der Waals surface area contributed by atoms with Crippen LogP contribution in [-0.2, 0) is 22.7 Å². The molecule has 28 heavy (non-hydrogen) atoms. The highest BCUT2D eigenvalue weighted by Crippen LogP contribution is 2.30. The van der Waals surface area contributed by atoms with E-state index in [2.05, 4.69) is 14.7 Å². The van der Waals surface area contributed by atoms with Gasteiger partial charge in [-0.2, -0.15) is 13.2 Å². The lowest BCUT2D eigenvalue weighted by molar-refractivity contribution is -0.146. The van der Waals surface area contributed by atoms with Crippen LogP contribution in [0.5, 0.6) is 5.75 Å². The van der Waals surface area contributed by atoms with Gasteiger partial charge in [0, 0.05) is 19.3 Å². The SMILES string of the molecule is CCOc1ccc(S(=O)(=O)NCCn2c(C(F)(F)F)nc3cccnc32)cc1. The van der Waals surface area contributed by atoms with Crippen molar-refractivity contribution in [2.75, 3.05) is 13.2 Å². The number of hydrogen-bond acceptors (Lipinski definition) is 5. The summed E-state index contributed by atoms with van der Waals surface area (Å²) in [5.41, 5.74) is 0.124. The van der Waals surface area contributed by atoms with Crippen molar-refractivity contribution < 1.29 is 26.3 Å². The van der Waals surface area contributed by atoms with Crippen molar-refractivity contribution in [1.29, 1.82) is 0 Å². The lowest BCUT2D eigenvalue weighted by Crippen LogP contribution is -2.28. The molecule has 0 amide bonds. The molecule has 0 radical (unpaired) electrons. The monoisotopic (exact) mass is 414 g/mol. The molecule has 0 saturated carbocycles. The molecule has 0 fully saturated rings. The fourth-order valence-corrected chi connectivity index (χ4v) is 3.66. The number of nitrogens with zero attached hydrogens (tertiary/aromatic N) is 3. The van der Waals surface area contributed by atoms with Crippen LogP contribution >= 0.6 is 0 Å². The van der Waals surface area contributed by atoms with Gasteiger partial charge in [-0.15, -0.1) is 0 Å². The molecule has 3 aromatic rings. The number of imidazole rings is 1. The van der Waals surface area contributed by atoms with E-state index in [0.29, 0.717) is 12.4 Å². The Morgan fingerprint density at radius 3 is 2.54 bits per heavy atom. The maximum absolute atomic E-state index is 13.3. The summed E-state index contributed by atoms with van der Waals surface area (Å²) in [4.78, 5) is 7.48. The summed E-state index contributed by atoms with van der Waals surface area (Å²) in [6.07, 6.45) is -3.33. The van der Waals surface area contributed by atoms with Gasteiger partial charge in [0.2, 0.25) is 15.8 Å². The van der Waals surface area contributed by atoms with Gasteiger partial charge in [-0.05, 0) is 43.3 Å². The highest BCUT2D eigenvalue weighted by atomic mass is 32.2. The van der Waals surface area contributed by atoms with Crippen molar-refractivity contribution in [3.8, 4) is 5.75 Å². The molecule has 1 N–H and O–H groups in total. The van der Waals surface area contributed by atoms with E-state index in [9.17, 15) is 21.6 Å². The van der Waals surface area contributed by atoms with Gasteiger partial charge < -0.3 is 9.30 Å². The third kappa shape index (κ3) is 4.25. The zero-order valence-corrected chi connectivity index (χ0v) is 15.6. The number of benzene rings is 1. The number of sulfonamides is 1. The Morgan fingerprint density at radius 2 is 1.89 bits per heavy atom. The lowest BCUT2D eigenvalue weighted by atomic mass is 10.3. The molecule has 2 aromatic heterocycles. The van der Waals surface area contributed by atoms with Crippen LogP contribution in [0.2, 0.25) is 0 Å². The van der Waals surface area contributed by atoms with Gasteiger partial charge in [0.25, 0.3) is 0 Å². The van der Waals surface area contributed by atoms with Gasteiger partial charge in [0.15, 0.2) is 5.65 Å². The summed E-state index contributed by atoms with van der Waals surface area (Å²) >= 11 is 0. The summed E-state index contributed by atoms with van der Waals surface area (Å²) in [6, 6.07) is 8.64. The molecule has 150 valence electrons. The molecule has 0 bridgehead atoms. The van der Waals surface area contributed by atoms with Gasteiger partial charge in [0.1, 0.15) is 11.3 Å². The van der Waals surface area contributed by atoms with E-state index < -0.39 is 22.0 Å². The molecular weight excluding hydrogens is 397 g/mol. The molecule has 0 atom stereocenters. The van der Waals surface area contributed by atoms with Crippen molar-refractivity contribution in [1.82, 2.24) is 19.3 Å². The van der Waals surface area contributed by atoms with Crippen molar-refractivity contribution in [2.24, 2.45) is 0 Å². The molecule has 0 saturated heterocycles. The van der Waals surface area contributed by atoms with Crippen molar-refractivity contribution in [3.05, 3.63) is 48.4 Å². The van der Waals surface area contributed by atoms with Crippen LogP contribution < -0.4 is 9.46 Å². The van der Waals surface area contributed by atoms with Gasteiger partial charge in [0.05, 0.1) is 11.5 Å². The first-order valence-electron chi connectivity index (χ1n) is 8.33. The Hall–Kier alpha value is -2.66. The number of fused-ring (bicyclic) bond motifs is 1. The van der Waals surface area contributed by atoms with E-state index in [4.69, 9.17) is 4.74 Å². The number of halogens is 3. The minimum absolute atomic E-state index is 0.0133. The first-order chi connectivity index (χ1) is 13.2. The van der Waals surface area contributed by atoms with Crippen molar-refractivity contribution in [2.45, 2.75) is 24.5 Å². The van der Waals surface area contributed by atoms with E-state index in [1.54, 1.807) is 6.92 Å². The minimum Gasteiger partial charge on any atom is -0.494 e. The van der Waals surface area contributed by atoms with Crippen molar-refractivity contribution in [3.63, 3.8) is 0 Å². The van der Waals surface area contributed by atoms with Gasteiger partial charge >= 0.3 is 6.18 Å². The zero-order valence-electron chi connectivity index (χ0n) is 14.8. The molecule has 0 unspecified atom stereocenters. The summed E-state index contributed by atoms with van der Waals surface area (Å²) < 4.78 is 72.9. The Morgan fingerprint density at radius 1 is 1.18 bits per heavy atom. The number of aromatic nitrogens is 3. The lowest BCUT2D eigenvalue weighted by Gasteiger charge is -2.12. The Labute approximate surface area is 159 Å². The van der Waals surface area contributed by atoms with E-state index in [1.165, 1.54) is 42.6 Å². The Bertz CT molecular complexity index is 1060. The highest BCUT2D eigenvalue weighted by Gasteiger charge is 2.37.